The van der Waals surface area contributed by atoms with Crippen LogP contribution in [0.25, 0.3) is 5.65 Å². The molecule has 0 spiro atoms. The minimum absolute atomic E-state index is 0.00606. The van der Waals surface area contributed by atoms with Crippen LogP contribution in [-0.4, -0.2) is 21.0 Å². The Bertz CT molecular complexity index is 659. The quantitative estimate of drug-likeness (QED) is 0.876. The summed E-state index contributed by atoms with van der Waals surface area (Å²) in [5.41, 5.74) is -0.125. The number of fused-ring (bicyclic) bond motifs is 1. The molecule has 4 nitrogen and oxygen atoms in total. The van der Waals surface area contributed by atoms with Crippen LogP contribution < -0.4 is 5.56 Å². The fraction of sp³-hybridized carbons (Fsp3) is 0.455. The van der Waals surface area contributed by atoms with Crippen molar-refractivity contribution < 1.29 is 17.6 Å². The van der Waals surface area contributed by atoms with Crippen molar-refractivity contribution in [3.05, 3.63) is 33.9 Å². The Kier molecular flexibility index (Phi) is 3.11. The highest BCUT2D eigenvalue weighted by Crippen LogP contribution is 2.32. The number of hydrogen-bond acceptors (Lipinski definition) is 2. The van der Waals surface area contributed by atoms with Crippen molar-refractivity contribution in [2.45, 2.75) is 32.1 Å². The molecular formula is C11H11F4N3O. The third-order valence-corrected chi connectivity index (χ3v) is 2.74. The highest BCUT2D eigenvalue weighted by molar-refractivity contribution is 5.42. The zero-order valence-corrected chi connectivity index (χ0v) is 10.1. The number of halogens is 4. The number of nitrogens with zero attached hydrogens (tertiary/aromatic N) is 2. The molecule has 104 valence electrons. The lowest BCUT2D eigenvalue weighted by atomic mass is 10.1. The van der Waals surface area contributed by atoms with Crippen molar-refractivity contribution in [3.63, 3.8) is 0 Å². The number of hydrogen-bond donors (Lipinski definition) is 1. The van der Waals surface area contributed by atoms with Crippen molar-refractivity contribution >= 4 is 5.65 Å². The molecular weight excluding hydrogens is 266 g/mol. The lowest BCUT2D eigenvalue weighted by Crippen LogP contribution is -2.25. The maximum Gasteiger partial charge on any atom is 0.365 e. The van der Waals surface area contributed by atoms with E-state index in [9.17, 15) is 22.4 Å². The molecule has 0 aliphatic heterocycles. The normalized spacial score (nSPS) is 12.8. The van der Waals surface area contributed by atoms with Crippen LogP contribution in [0.2, 0.25) is 0 Å². The maximum atomic E-state index is 13.1. The second kappa shape index (κ2) is 4.36. The first-order valence-corrected chi connectivity index (χ1v) is 5.52. The van der Waals surface area contributed by atoms with Crippen molar-refractivity contribution in [1.82, 2.24) is 14.6 Å². The van der Waals surface area contributed by atoms with E-state index in [4.69, 9.17) is 0 Å². The van der Waals surface area contributed by atoms with Gasteiger partial charge in [0.15, 0.2) is 11.5 Å². The summed E-state index contributed by atoms with van der Waals surface area (Å²) in [6.45, 7) is 3.62. The lowest BCUT2D eigenvalue weighted by molar-refractivity contribution is -0.140. The zero-order valence-electron chi connectivity index (χ0n) is 10.1. The second-order valence-corrected chi connectivity index (χ2v) is 4.47. The lowest BCUT2D eigenvalue weighted by Gasteiger charge is -2.10. The molecule has 0 aliphatic carbocycles. The van der Waals surface area contributed by atoms with Crippen molar-refractivity contribution in [2.75, 3.05) is 0 Å². The van der Waals surface area contributed by atoms with Gasteiger partial charge in [-0.3, -0.25) is 9.89 Å². The molecule has 0 atom stereocenters. The van der Waals surface area contributed by atoms with Gasteiger partial charge in [0.05, 0.1) is 0 Å². The van der Waals surface area contributed by atoms with Crippen LogP contribution in [-0.2, 0) is 5.92 Å². The van der Waals surface area contributed by atoms with Gasteiger partial charge in [-0.25, -0.2) is 18.3 Å². The van der Waals surface area contributed by atoms with Gasteiger partial charge in [0.1, 0.15) is 0 Å². The van der Waals surface area contributed by atoms with E-state index < -0.39 is 23.7 Å². The number of aromatic amines is 1. The van der Waals surface area contributed by atoms with E-state index in [1.807, 2.05) is 18.9 Å². The number of nitrogens with one attached hydrogen (secondary N) is 1. The van der Waals surface area contributed by atoms with Crippen LogP contribution in [0.1, 0.15) is 31.2 Å². The predicted octanol–water partition coefficient (Wildman–Crippen LogP) is 2.50. The molecule has 0 bridgehead atoms. The highest BCUT2D eigenvalue weighted by Gasteiger charge is 2.46. The molecule has 2 aromatic heterocycles. The molecule has 19 heavy (non-hydrogen) atoms. The molecule has 0 fully saturated rings. The Labute approximate surface area is 105 Å². The van der Waals surface area contributed by atoms with Crippen molar-refractivity contribution in [1.29, 1.82) is 0 Å². The predicted molar refractivity (Wildman–Crippen MR) is 59.8 cm³/mol. The molecule has 1 N–H and O–H groups in total. The fourth-order valence-electron chi connectivity index (χ4n) is 1.60. The summed E-state index contributed by atoms with van der Waals surface area (Å²) in [5, 5.41) is 1.91. The van der Waals surface area contributed by atoms with Gasteiger partial charge >= 0.3 is 12.3 Å². The third-order valence-electron chi connectivity index (χ3n) is 2.74. The Hall–Kier alpha value is -1.86. The first kappa shape index (κ1) is 13.6. The van der Waals surface area contributed by atoms with Crippen LogP contribution in [0, 0.1) is 0 Å². The molecule has 0 amide bonds. The molecule has 0 saturated carbocycles. The highest BCUT2D eigenvalue weighted by atomic mass is 19.3. The Morgan fingerprint density at radius 1 is 1.32 bits per heavy atom. The first-order chi connectivity index (χ1) is 8.73. The molecule has 8 heteroatoms. The second-order valence-electron chi connectivity index (χ2n) is 4.47. The van der Waals surface area contributed by atoms with Gasteiger partial charge in [-0.1, -0.05) is 13.8 Å². The third kappa shape index (κ3) is 2.22. The van der Waals surface area contributed by atoms with Crippen LogP contribution in [0.5, 0.6) is 0 Å². The summed E-state index contributed by atoms with van der Waals surface area (Å²) in [6.07, 6.45) is -3.90. The molecule has 2 rings (SSSR count). The molecule has 2 aromatic rings. The van der Waals surface area contributed by atoms with E-state index in [-0.39, 0.29) is 11.6 Å². The fourth-order valence-corrected chi connectivity index (χ4v) is 1.60. The standard InChI is InChI=1S/C11H11F4N3O/c1-5(2)6-3-7-16-10(11(14,15)9(12)13)17-18(7)8(19)4-6/h3-5,9H,1-2H3,(H,16,17). The minimum Gasteiger partial charge on any atom is -0.271 e. The van der Waals surface area contributed by atoms with Crippen LogP contribution in [0.15, 0.2) is 16.9 Å². The summed E-state index contributed by atoms with van der Waals surface area (Å²) in [4.78, 5) is 15.1. The molecule has 2 heterocycles. The van der Waals surface area contributed by atoms with E-state index in [1.165, 1.54) is 12.1 Å². The largest absolute Gasteiger partial charge is 0.365 e. The van der Waals surface area contributed by atoms with Crippen molar-refractivity contribution in [2.24, 2.45) is 0 Å². The summed E-state index contributed by atoms with van der Waals surface area (Å²) in [5.74, 6) is -5.65. The monoisotopic (exact) mass is 277 g/mol. The topological polar surface area (TPSA) is 50.2 Å². The van der Waals surface area contributed by atoms with Crippen LogP contribution >= 0.6 is 0 Å². The average molecular weight is 277 g/mol. The summed E-state index contributed by atoms with van der Waals surface area (Å²) < 4.78 is 51.5. The number of pyridine rings is 1. The van der Waals surface area contributed by atoms with E-state index in [0.29, 0.717) is 5.56 Å². The van der Waals surface area contributed by atoms with E-state index >= 15 is 0 Å². The van der Waals surface area contributed by atoms with E-state index in [0.717, 1.165) is 4.52 Å². The average Bonchev–Trinajstić information content (AvgIpc) is 2.73. The molecule has 0 aromatic carbocycles. The molecule has 0 radical (unpaired) electrons. The Morgan fingerprint density at radius 2 is 1.95 bits per heavy atom. The zero-order chi connectivity index (χ0) is 14.4. The van der Waals surface area contributed by atoms with Gasteiger partial charge < -0.3 is 0 Å². The summed E-state index contributed by atoms with van der Waals surface area (Å²) in [6, 6.07) is 2.66. The van der Waals surface area contributed by atoms with Crippen LogP contribution in [0.3, 0.4) is 0 Å². The van der Waals surface area contributed by atoms with Crippen molar-refractivity contribution in [3.8, 4) is 0 Å². The van der Waals surface area contributed by atoms with E-state index in [2.05, 4.69) is 4.98 Å². The Balaban J connectivity index is 2.64. The van der Waals surface area contributed by atoms with Gasteiger partial charge in [-0.15, -0.1) is 0 Å². The number of alkyl halides is 4. The van der Waals surface area contributed by atoms with Gasteiger partial charge in [-0.05, 0) is 17.5 Å². The smallest absolute Gasteiger partial charge is 0.271 e. The van der Waals surface area contributed by atoms with Gasteiger partial charge in [0, 0.05) is 6.07 Å². The van der Waals surface area contributed by atoms with Gasteiger partial charge in [0.2, 0.25) is 0 Å². The Morgan fingerprint density at radius 3 is 2.47 bits per heavy atom. The van der Waals surface area contributed by atoms with E-state index in [1.54, 1.807) is 0 Å². The summed E-state index contributed by atoms with van der Waals surface area (Å²) >= 11 is 0. The van der Waals surface area contributed by atoms with Gasteiger partial charge in [-0.2, -0.15) is 8.78 Å². The number of H-pyrrole nitrogens is 1. The first-order valence-electron chi connectivity index (χ1n) is 5.52. The number of rotatable bonds is 3. The minimum atomic E-state index is -4.42. The molecule has 0 unspecified atom stereocenters. The molecule has 0 aliphatic rings. The van der Waals surface area contributed by atoms with Crippen LogP contribution in [0.4, 0.5) is 17.6 Å². The summed E-state index contributed by atoms with van der Waals surface area (Å²) in [7, 11) is 0. The number of aromatic nitrogens is 3. The maximum absolute atomic E-state index is 13.1. The SMILES string of the molecule is CC(C)c1cc(=O)n2[nH]c(C(F)(F)C(F)F)nc2c1. The molecule has 0 saturated heterocycles. The van der Waals surface area contributed by atoms with Gasteiger partial charge in [0.25, 0.3) is 5.56 Å².